The fourth-order valence-corrected chi connectivity index (χ4v) is 4.17. The molecule has 0 aromatic heterocycles. The zero-order valence-corrected chi connectivity index (χ0v) is 20.7. The molecule has 2 amide bonds. The molecule has 2 rings (SSSR count). The molecule has 0 unspecified atom stereocenters. The summed E-state index contributed by atoms with van der Waals surface area (Å²) < 4.78 is 26.9. The molecular weight excluding hydrogens is 482 g/mol. The normalized spacial score (nSPS) is 12.2. The number of hydrogen-bond acceptors (Lipinski definition) is 4. The third-order valence-electron chi connectivity index (χ3n) is 5.00. The van der Waals surface area contributed by atoms with Crippen LogP contribution in [0.4, 0.5) is 5.69 Å². The van der Waals surface area contributed by atoms with Gasteiger partial charge in [0, 0.05) is 18.1 Å². The van der Waals surface area contributed by atoms with Crippen LogP contribution < -0.4 is 9.62 Å². The Morgan fingerprint density at radius 1 is 1.10 bits per heavy atom. The number of nitrogens with zero attached hydrogens (tertiary/aromatic N) is 2. The first-order valence-corrected chi connectivity index (χ1v) is 12.4. The molecule has 0 saturated heterocycles. The van der Waals surface area contributed by atoms with E-state index in [9.17, 15) is 18.0 Å². The quantitative estimate of drug-likeness (QED) is 0.592. The first-order valence-electron chi connectivity index (χ1n) is 9.74. The third-order valence-corrected chi connectivity index (χ3v) is 7.03. The van der Waals surface area contributed by atoms with Crippen molar-refractivity contribution < 1.29 is 18.0 Å². The maximum absolute atomic E-state index is 13.3. The number of benzene rings is 2. The van der Waals surface area contributed by atoms with E-state index in [1.54, 1.807) is 25.1 Å². The van der Waals surface area contributed by atoms with Gasteiger partial charge in [0.1, 0.15) is 12.6 Å². The number of anilines is 1. The van der Waals surface area contributed by atoms with Crippen LogP contribution in [0.1, 0.15) is 23.6 Å². The van der Waals surface area contributed by atoms with Gasteiger partial charge in [0.2, 0.25) is 21.8 Å². The summed E-state index contributed by atoms with van der Waals surface area (Å²) in [6.07, 6.45) is 1.06. The number of carbonyl (C=O) groups is 2. The largest absolute Gasteiger partial charge is 0.357 e. The molecule has 0 heterocycles. The van der Waals surface area contributed by atoms with Crippen LogP contribution in [-0.2, 0) is 26.2 Å². The number of aryl methyl sites for hydroxylation is 2. The van der Waals surface area contributed by atoms with Crippen molar-refractivity contribution in [3.05, 3.63) is 63.6 Å². The highest BCUT2D eigenvalue weighted by Gasteiger charge is 2.29. The summed E-state index contributed by atoms with van der Waals surface area (Å²) in [5.41, 5.74) is 3.16. The van der Waals surface area contributed by atoms with Gasteiger partial charge in [0.05, 0.1) is 11.9 Å². The van der Waals surface area contributed by atoms with Crippen molar-refractivity contribution in [2.45, 2.75) is 33.4 Å². The van der Waals surface area contributed by atoms with Crippen LogP contribution in [0.15, 0.2) is 46.9 Å². The van der Waals surface area contributed by atoms with Crippen molar-refractivity contribution in [3.8, 4) is 0 Å². The number of hydrogen-bond donors (Lipinski definition) is 1. The molecule has 0 aliphatic carbocycles. The minimum Gasteiger partial charge on any atom is -0.357 e. The molecule has 31 heavy (non-hydrogen) atoms. The summed E-state index contributed by atoms with van der Waals surface area (Å²) in [4.78, 5) is 27.0. The van der Waals surface area contributed by atoms with Crippen LogP contribution in [0, 0.1) is 13.8 Å². The Labute approximate surface area is 192 Å². The Kier molecular flexibility index (Phi) is 8.25. The fourth-order valence-electron chi connectivity index (χ4n) is 3.08. The Morgan fingerprint density at radius 3 is 2.23 bits per heavy atom. The van der Waals surface area contributed by atoms with Crippen molar-refractivity contribution >= 4 is 43.5 Å². The molecule has 2 aromatic carbocycles. The Balaban J connectivity index is 2.39. The average Bonchev–Trinajstić information content (AvgIpc) is 2.71. The van der Waals surface area contributed by atoms with Gasteiger partial charge in [-0.1, -0.05) is 45.8 Å². The molecule has 0 saturated carbocycles. The van der Waals surface area contributed by atoms with Crippen molar-refractivity contribution in [3.63, 3.8) is 0 Å². The van der Waals surface area contributed by atoms with Gasteiger partial charge in [-0.2, -0.15) is 0 Å². The molecule has 9 heteroatoms. The molecule has 0 radical (unpaired) electrons. The first kappa shape index (κ1) is 24.9. The number of carbonyl (C=O) groups excluding carboxylic acids is 2. The summed E-state index contributed by atoms with van der Waals surface area (Å²) >= 11 is 3.40. The zero-order chi connectivity index (χ0) is 23.3. The lowest BCUT2D eigenvalue weighted by Gasteiger charge is -2.31. The molecule has 0 aliphatic heterocycles. The van der Waals surface area contributed by atoms with Crippen molar-refractivity contribution in [1.29, 1.82) is 0 Å². The van der Waals surface area contributed by atoms with Crippen LogP contribution >= 0.6 is 15.9 Å². The van der Waals surface area contributed by atoms with Crippen LogP contribution in [0.2, 0.25) is 0 Å². The molecule has 7 nitrogen and oxygen atoms in total. The number of sulfonamides is 1. The summed E-state index contributed by atoms with van der Waals surface area (Å²) in [6.45, 7) is 5.20. The third kappa shape index (κ3) is 6.54. The lowest BCUT2D eigenvalue weighted by molar-refractivity contribution is -0.139. The number of likely N-dealkylation sites (N-methyl/N-ethyl adjacent to an activating group) is 1. The number of halogens is 1. The van der Waals surface area contributed by atoms with Gasteiger partial charge in [0.25, 0.3) is 0 Å². The van der Waals surface area contributed by atoms with E-state index in [4.69, 9.17) is 0 Å². The molecule has 168 valence electrons. The molecule has 2 aromatic rings. The maximum atomic E-state index is 13.3. The summed E-state index contributed by atoms with van der Waals surface area (Å²) in [7, 11) is -2.24. The summed E-state index contributed by atoms with van der Waals surface area (Å²) in [6, 6.07) is 11.9. The van der Waals surface area contributed by atoms with E-state index >= 15 is 0 Å². The number of amides is 2. The van der Waals surface area contributed by atoms with E-state index < -0.39 is 28.5 Å². The predicted molar refractivity (Wildman–Crippen MR) is 126 cm³/mol. The van der Waals surface area contributed by atoms with E-state index in [-0.39, 0.29) is 12.5 Å². The number of nitrogens with one attached hydrogen (secondary N) is 1. The highest BCUT2D eigenvalue weighted by atomic mass is 79.9. The lowest BCUT2D eigenvalue weighted by atomic mass is 10.1. The second-order valence-electron chi connectivity index (χ2n) is 7.50. The van der Waals surface area contributed by atoms with E-state index in [1.165, 1.54) is 11.9 Å². The van der Waals surface area contributed by atoms with Crippen LogP contribution in [0.3, 0.4) is 0 Å². The minimum absolute atomic E-state index is 0.185. The monoisotopic (exact) mass is 509 g/mol. The molecule has 0 aliphatic rings. The second-order valence-corrected chi connectivity index (χ2v) is 10.3. The highest BCUT2D eigenvalue weighted by molar-refractivity contribution is 9.10. The molecule has 1 N–H and O–H groups in total. The van der Waals surface area contributed by atoms with Crippen LogP contribution in [0.25, 0.3) is 0 Å². The van der Waals surface area contributed by atoms with Crippen molar-refractivity contribution in [2.24, 2.45) is 0 Å². The minimum atomic E-state index is -3.74. The molecule has 0 fully saturated rings. The SMILES string of the molecule is CNC(=O)[C@@H](C)N(Cc1ccc(C)cc1)C(=O)CN(c1ccc(Br)c(C)c1)S(C)(=O)=O. The molecule has 0 spiro atoms. The van der Waals surface area contributed by atoms with E-state index in [0.29, 0.717) is 5.69 Å². The lowest BCUT2D eigenvalue weighted by Crippen LogP contribution is -2.50. The van der Waals surface area contributed by atoms with E-state index in [1.807, 2.05) is 38.1 Å². The van der Waals surface area contributed by atoms with Gasteiger partial charge in [0.15, 0.2) is 0 Å². The van der Waals surface area contributed by atoms with E-state index in [2.05, 4.69) is 21.2 Å². The van der Waals surface area contributed by atoms with Gasteiger partial charge in [-0.15, -0.1) is 0 Å². The smallest absolute Gasteiger partial charge is 0.244 e. The first-order chi connectivity index (χ1) is 14.4. The van der Waals surface area contributed by atoms with Gasteiger partial charge in [-0.05, 0) is 50.1 Å². The Hall–Kier alpha value is -2.39. The maximum Gasteiger partial charge on any atom is 0.244 e. The Bertz CT molecular complexity index is 1050. The van der Waals surface area contributed by atoms with E-state index in [0.717, 1.165) is 31.7 Å². The molecule has 1 atom stereocenters. The Morgan fingerprint density at radius 2 is 1.71 bits per heavy atom. The van der Waals surface area contributed by atoms with Gasteiger partial charge < -0.3 is 10.2 Å². The number of rotatable bonds is 8. The fraction of sp³-hybridized carbons (Fsp3) is 0.364. The van der Waals surface area contributed by atoms with Crippen LogP contribution in [0.5, 0.6) is 0 Å². The topological polar surface area (TPSA) is 86.8 Å². The second kappa shape index (κ2) is 10.3. The molecule has 0 bridgehead atoms. The van der Waals surface area contributed by atoms with Gasteiger partial charge in [-0.3, -0.25) is 13.9 Å². The van der Waals surface area contributed by atoms with Gasteiger partial charge in [-0.25, -0.2) is 8.42 Å². The van der Waals surface area contributed by atoms with Crippen molar-refractivity contribution in [1.82, 2.24) is 10.2 Å². The predicted octanol–water partition coefficient (Wildman–Crippen LogP) is 3.00. The van der Waals surface area contributed by atoms with Crippen molar-refractivity contribution in [2.75, 3.05) is 24.2 Å². The van der Waals surface area contributed by atoms with Crippen LogP contribution in [-0.4, -0.2) is 51.0 Å². The standard InChI is InChI=1S/C22H28BrN3O4S/c1-15-6-8-18(9-7-15)13-25(17(3)22(28)24-4)21(27)14-26(31(5,29)30)19-10-11-20(23)16(2)12-19/h6-12,17H,13-14H2,1-5H3,(H,24,28)/t17-/m1/s1. The molecular formula is C22H28BrN3O4S. The highest BCUT2D eigenvalue weighted by Crippen LogP contribution is 2.25. The zero-order valence-electron chi connectivity index (χ0n) is 18.3. The summed E-state index contributed by atoms with van der Waals surface area (Å²) in [5, 5.41) is 2.55. The summed E-state index contributed by atoms with van der Waals surface area (Å²) in [5.74, 6) is -0.798. The average molecular weight is 510 g/mol. The van der Waals surface area contributed by atoms with Gasteiger partial charge >= 0.3 is 0 Å².